The minimum Gasteiger partial charge on any atom is -0.467 e. The van der Waals surface area contributed by atoms with Gasteiger partial charge in [-0.05, 0) is 42.5 Å². The molecule has 2 aromatic heterocycles. The first kappa shape index (κ1) is 26.0. The Morgan fingerprint density at radius 3 is 2.62 bits per heavy atom. The van der Waals surface area contributed by atoms with Crippen LogP contribution >= 0.6 is 11.3 Å². The summed E-state index contributed by atoms with van der Waals surface area (Å²) in [6.07, 6.45) is 7.63. The Morgan fingerprint density at radius 2 is 1.92 bits per heavy atom. The number of thiazole rings is 1. The average molecular weight is 548 g/mol. The number of aromatic nitrogens is 3. The van der Waals surface area contributed by atoms with Crippen LogP contribution in [0.25, 0.3) is 15.8 Å². The van der Waals surface area contributed by atoms with E-state index in [0.29, 0.717) is 43.5 Å². The van der Waals surface area contributed by atoms with E-state index in [0.717, 1.165) is 47.3 Å². The number of piperidine rings is 1. The number of hydrogen-bond donors (Lipinski definition) is 1. The number of hydrogen-bond acceptors (Lipinski definition) is 9. The third-order valence-corrected chi connectivity index (χ3v) is 9.55. The minimum absolute atomic E-state index is 0.0125. The van der Waals surface area contributed by atoms with Gasteiger partial charge in [0.1, 0.15) is 6.10 Å². The number of nitrogens with zero attached hydrogens (tertiary/aromatic N) is 5. The first-order valence-electron chi connectivity index (χ1n) is 12.5. The molecule has 12 heteroatoms. The highest BCUT2D eigenvalue weighted by molar-refractivity contribution is 7.89. The Labute approximate surface area is 219 Å². The summed E-state index contributed by atoms with van der Waals surface area (Å²) in [7, 11) is -3.30. The fourth-order valence-corrected chi connectivity index (χ4v) is 7.05. The minimum atomic E-state index is -3.30. The van der Waals surface area contributed by atoms with Gasteiger partial charge in [-0.3, -0.25) is 0 Å². The van der Waals surface area contributed by atoms with Crippen LogP contribution < -0.4 is 9.64 Å². The quantitative estimate of drug-likeness (QED) is 0.406. The number of anilines is 1. The summed E-state index contributed by atoms with van der Waals surface area (Å²) >= 11 is 1.52. The third-order valence-electron chi connectivity index (χ3n) is 6.71. The molecule has 0 radical (unpaired) electrons. The van der Waals surface area contributed by atoms with Gasteiger partial charge in [-0.15, -0.1) is 0 Å². The maximum atomic E-state index is 13.1. The maximum Gasteiger partial charge on any atom is 0.274 e. The Balaban J connectivity index is 1.18. The Hall–Kier alpha value is -2.67. The van der Waals surface area contributed by atoms with Gasteiger partial charge in [0.15, 0.2) is 5.82 Å². The van der Waals surface area contributed by atoms with Crippen LogP contribution in [0.1, 0.15) is 37.7 Å². The van der Waals surface area contributed by atoms with Gasteiger partial charge in [-0.1, -0.05) is 23.5 Å². The molecule has 4 heterocycles. The molecule has 5 rings (SSSR count). The van der Waals surface area contributed by atoms with Crippen LogP contribution in [0.15, 0.2) is 36.7 Å². The largest absolute Gasteiger partial charge is 0.467 e. The van der Waals surface area contributed by atoms with Gasteiger partial charge in [-0.25, -0.2) is 27.8 Å². The zero-order valence-corrected chi connectivity index (χ0v) is 22.1. The van der Waals surface area contributed by atoms with Crippen molar-refractivity contribution in [2.45, 2.75) is 38.2 Å². The summed E-state index contributed by atoms with van der Waals surface area (Å²) in [5.41, 5.74) is 3.09. The first-order chi connectivity index (χ1) is 17.9. The number of rotatable bonds is 9. The number of unbranched alkanes of at least 4 members (excludes halogenated alkanes) is 1. The van der Waals surface area contributed by atoms with E-state index >= 15 is 0 Å². The Bertz CT molecular complexity index is 1360. The molecule has 0 saturated carbocycles. The standard InChI is InChI=1S/C25H30FN5O4S2/c26-20-16-27-24(28-17-20)30-9-7-21(8-10-30)35-25-29-22-4-3-19(15-23(22)36-25)18-5-11-31(12-6-18)37(33,34)14-2-1-13-32/h3-5,15-17,21,32H,1-2,6-14H2. The fourth-order valence-electron chi connectivity index (χ4n) is 4.63. The number of aliphatic hydroxyl groups excluding tert-OH is 1. The van der Waals surface area contributed by atoms with Crippen LogP contribution in [-0.2, 0) is 10.0 Å². The van der Waals surface area contributed by atoms with Crippen LogP contribution in [0, 0.1) is 5.82 Å². The number of aliphatic hydroxyl groups is 1. The van der Waals surface area contributed by atoms with Gasteiger partial charge >= 0.3 is 0 Å². The number of sulfonamides is 1. The molecule has 0 unspecified atom stereocenters. The van der Waals surface area contributed by atoms with Gasteiger partial charge in [0.05, 0.1) is 28.4 Å². The van der Waals surface area contributed by atoms with Crippen molar-refractivity contribution < 1.29 is 22.7 Å². The molecule has 2 aliphatic heterocycles. The smallest absolute Gasteiger partial charge is 0.274 e. The summed E-state index contributed by atoms with van der Waals surface area (Å²) in [6.45, 7) is 2.30. The number of halogens is 1. The van der Waals surface area contributed by atoms with Crippen molar-refractivity contribution in [3.8, 4) is 5.19 Å². The molecule has 1 aromatic carbocycles. The van der Waals surface area contributed by atoms with Crippen LogP contribution in [0.5, 0.6) is 5.19 Å². The highest BCUT2D eigenvalue weighted by Crippen LogP contribution is 2.33. The summed E-state index contributed by atoms with van der Waals surface area (Å²) in [4.78, 5) is 14.8. The van der Waals surface area contributed by atoms with Crippen molar-refractivity contribution >= 4 is 43.1 Å². The second-order valence-electron chi connectivity index (χ2n) is 9.25. The van der Waals surface area contributed by atoms with E-state index in [-0.39, 0.29) is 18.5 Å². The van der Waals surface area contributed by atoms with Gasteiger partial charge in [-0.2, -0.15) is 4.31 Å². The Morgan fingerprint density at radius 1 is 1.14 bits per heavy atom. The zero-order valence-electron chi connectivity index (χ0n) is 20.4. The molecule has 0 atom stereocenters. The van der Waals surface area contributed by atoms with Crippen LogP contribution in [0.3, 0.4) is 0 Å². The lowest BCUT2D eigenvalue weighted by Gasteiger charge is -2.31. The van der Waals surface area contributed by atoms with E-state index in [1.54, 1.807) is 0 Å². The molecular weight excluding hydrogens is 517 g/mol. The van der Waals surface area contributed by atoms with Crippen molar-refractivity contribution in [2.75, 3.05) is 43.4 Å². The number of ether oxygens (including phenoxy) is 1. The second kappa shape index (κ2) is 11.4. The molecule has 2 aliphatic rings. The molecule has 0 bridgehead atoms. The summed E-state index contributed by atoms with van der Waals surface area (Å²) in [6, 6.07) is 6.12. The lowest BCUT2D eigenvalue weighted by molar-refractivity contribution is 0.170. The summed E-state index contributed by atoms with van der Waals surface area (Å²) in [5, 5.41) is 9.54. The highest BCUT2D eigenvalue weighted by atomic mass is 32.2. The van der Waals surface area contributed by atoms with E-state index < -0.39 is 15.8 Å². The number of fused-ring (bicyclic) bond motifs is 1. The SMILES string of the molecule is O=S(=O)(CCCCO)N1CC=C(c2ccc3nc(OC4CCN(c5ncc(F)cn5)CC4)sc3c2)CC1. The molecule has 0 spiro atoms. The van der Waals surface area contributed by atoms with Crippen LogP contribution in [-0.4, -0.2) is 77.4 Å². The molecule has 37 heavy (non-hydrogen) atoms. The van der Waals surface area contributed by atoms with E-state index in [4.69, 9.17) is 9.84 Å². The van der Waals surface area contributed by atoms with Gasteiger partial charge in [0.2, 0.25) is 16.0 Å². The van der Waals surface area contributed by atoms with E-state index in [9.17, 15) is 12.8 Å². The lowest BCUT2D eigenvalue weighted by Crippen LogP contribution is -2.39. The van der Waals surface area contributed by atoms with Gasteiger partial charge in [0.25, 0.3) is 5.19 Å². The predicted molar refractivity (Wildman–Crippen MR) is 142 cm³/mol. The molecule has 1 fully saturated rings. The molecule has 0 aliphatic carbocycles. The monoisotopic (exact) mass is 547 g/mol. The number of benzene rings is 1. The normalized spacial score (nSPS) is 17.8. The molecule has 198 valence electrons. The lowest BCUT2D eigenvalue weighted by atomic mass is 10.0. The van der Waals surface area contributed by atoms with Crippen molar-refractivity contribution in [1.29, 1.82) is 0 Å². The molecule has 1 N–H and O–H groups in total. The first-order valence-corrected chi connectivity index (χ1v) is 14.9. The molecule has 3 aromatic rings. The third kappa shape index (κ3) is 6.25. The van der Waals surface area contributed by atoms with Crippen molar-refractivity contribution in [3.05, 3.63) is 48.0 Å². The Kier molecular flexibility index (Phi) is 7.98. The van der Waals surface area contributed by atoms with Crippen molar-refractivity contribution in [3.63, 3.8) is 0 Å². The van der Waals surface area contributed by atoms with E-state index in [1.807, 2.05) is 23.1 Å². The molecule has 1 saturated heterocycles. The maximum absolute atomic E-state index is 13.1. The second-order valence-corrected chi connectivity index (χ2v) is 12.3. The van der Waals surface area contributed by atoms with Gasteiger partial charge in [0, 0.05) is 45.6 Å². The van der Waals surface area contributed by atoms with Crippen LogP contribution in [0.2, 0.25) is 0 Å². The summed E-state index contributed by atoms with van der Waals surface area (Å²) < 4.78 is 46.9. The molecular formula is C25H30FN5O4S2. The molecule has 0 amide bonds. The zero-order chi connectivity index (χ0) is 25.8. The molecule has 9 nitrogen and oxygen atoms in total. The highest BCUT2D eigenvalue weighted by Gasteiger charge is 2.25. The van der Waals surface area contributed by atoms with Crippen molar-refractivity contribution in [2.24, 2.45) is 0 Å². The van der Waals surface area contributed by atoms with Crippen molar-refractivity contribution in [1.82, 2.24) is 19.3 Å². The van der Waals surface area contributed by atoms with E-state index in [2.05, 4.69) is 21.0 Å². The summed E-state index contributed by atoms with van der Waals surface area (Å²) in [5.74, 6) is 0.165. The van der Waals surface area contributed by atoms with Crippen LogP contribution in [0.4, 0.5) is 10.3 Å². The fraction of sp³-hybridized carbons (Fsp3) is 0.480. The van der Waals surface area contributed by atoms with Gasteiger partial charge < -0.3 is 14.7 Å². The van der Waals surface area contributed by atoms with E-state index in [1.165, 1.54) is 28.0 Å². The predicted octanol–water partition coefficient (Wildman–Crippen LogP) is 3.46. The topological polar surface area (TPSA) is 109 Å². The average Bonchev–Trinajstić information content (AvgIpc) is 3.31.